The number of hydrogen-bond acceptors (Lipinski definition) is 3. The van der Waals surface area contributed by atoms with Gasteiger partial charge in [-0.1, -0.05) is 18.2 Å². The molecular formula is C15H21NO2. The third kappa shape index (κ3) is 2.91. The molecule has 0 aromatic heterocycles. The van der Waals surface area contributed by atoms with Crippen LogP contribution in [0.5, 0.6) is 0 Å². The fourth-order valence-electron chi connectivity index (χ4n) is 2.51. The lowest BCUT2D eigenvalue weighted by molar-refractivity contribution is -0.00969. The molecule has 1 fully saturated rings. The summed E-state index contributed by atoms with van der Waals surface area (Å²) in [7, 11) is 2.13. The summed E-state index contributed by atoms with van der Waals surface area (Å²) < 4.78 is 5.60. The SMILES string of the molecule is C[C@@H]1CC(OC(=O)c2ccccc2)C[C@H](C)N1C. The van der Waals surface area contributed by atoms with E-state index in [0.29, 0.717) is 17.6 Å². The summed E-state index contributed by atoms with van der Waals surface area (Å²) in [6, 6.07) is 10.1. The van der Waals surface area contributed by atoms with E-state index in [2.05, 4.69) is 25.8 Å². The first-order chi connectivity index (χ1) is 8.58. The first-order valence-electron chi connectivity index (χ1n) is 6.56. The molecule has 0 amide bonds. The Morgan fingerprint density at radius 1 is 1.17 bits per heavy atom. The molecule has 1 aromatic carbocycles. The maximum atomic E-state index is 12.0. The molecule has 1 heterocycles. The number of esters is 1. The fraction of sp³-hybridized carbons (Fsp3) is 0.533. The van der Waals surface area contributed by atoms with Crippen molar-refractivity contribution in [2.24, 2.45) is 0 Å². The molecule has 1 aromatic rings. The normalized spacial score (nSPS) is 28.9. The zero-order chi connectivity index (χ0) is 13.1. The van der Waals surface area contributed by atoms with Crippen LogP contribution in [0, 0.1) is 0 Å². The highest BCUT2D eigenvalue weighted by Crippen LogP contribution is 2.24. The number of rotatable bonds is 2. The van der Waals surface area contributed by atoms with Gasteiger partial charge in [0.15, 0.2) is 0 Å². The summed E-state index contributed by atoms with van der Waals surface area (Å²) in [6.45, 7) is 4.36. The number of benzene rings is 1. The Kier molecular flexibility index (Phi) is 4.02. The average molecular weight is 247 g/mol. The van der Waals surface area contributed by atoms with Gasteiger partial charge < -0.3 is 9.64 Å². The van der Waals surface area contributed by atoms with Crippen molar-refractivity contribution in [1.29, 1.82) is 0 Å². The zero-order valence-electron chi connectivity index (χ0n) is 11.3. The van der Waals surface area contributed by atoms with E-state index < -0.39 is 0 Å². The van der Waals surface area contributed by atoms with Crippen LogP contribution in [0.1, 0.15) is 37.0 Å². The highest BCUT2D eigenvalue weighted by molar-refractivity contribution is 5.89. The van der Waals surface area contributed by atoms with E-state index in [1.165, 1.54) is 0 Å². The molecule has 0 aliphatic carbocycles. The third-order valence-electron chi connectivity index (χ3n) is 3.88. The lowest BCUT2D eigenvalue weighted by Crippen LogP contribution is -2.46. The summed E-state index contributed by atoms with van der Waals surface area (Å²) in [6.07, 6.45) is 1.87. The molecule has 0 N–H and O–H groups in total. The second-order valence-corrected chi connectivity index (χ2v) is 5.23. The molecule has 0 radical (unpaired) electrons. The molecule has 0 bridgehead atoms. The molecule has 1 saturated heterocycles. The summed E-state index contributed by atoms with van der Waals surface area (Å²) in [5.41, 5.74) is 0.636. The number of carbonyl (C=O) groups excluding carboxylic acids is 1. The van der Waals surface area contributed by atoms with E-state index in [1.54, 1.807) is 12.1 Å². The van der Waals surface area contributed by atoms with Crippen LogP contribution in [-0.4, -0.2) is 36.1 Å². The number of nitrogens with zero attached hydrogens (tertiary/aromatic N) is 1. The number of hydrogen-bond donors (Lipinski definition) is 0. The molecule has 18 heavy (non-hydrogen) atoms. The molecule has 2 rings (SSSR count). The third-order valence-corrected chi connectivity index (χ3v) is 3.88. The molecule has 3 heteroatoms. The minimum absolute atomic E-state index is 0.0407. The van der Waals surface area contributed by atoms with Gasteiger partial charge in [-0.2, -0.15) is 0 Å². The lowest BCUT2D eigenvalue weighted by Gasteiger charge is -2.39. The summed E-state index contributed by atoms with van der Waals surface area (Å²) in [4.78, 5) is 14.3. The van der Waals surface area contributed by atoms with Crippen molar-refractivity contribution < 1.29 is 9.53 Å². The first-order valence-corrected chi connectivity index (χ1v) is 6.56. The fourth-order valence-corrected chi connectivity index (χ4v) is 2.51. The number of ether oxygens (including phenoxy) is 1. The molecule has 1 aliphatic heterocycles. The van der Waals surface area contributed by atoms with Gasteiger partial charge in [-0.05, 0) is 45.9 Å². The zero-order valence-corrected chi connectivity index (χ0v) is 11.3. The topological polar surface area (TPSA) is 29.5 Å². The van der Waals surface area contributed by atoms with E-state index in [1.807, 2.05) is 18.2 Å². The van der Waals surface area contributed by atoms with E-state index in [9.17, 15) is 4.79 Å². The second-order valence-electron chi connectivity index (χ2n) is 5.23. The van der Waals surface area contributed by atoms with Gasteiger partial charge >= 0.3 is 5.97 Å². The Bertz CT molecular complexity index is 392. The molecule has 1 aliphatic rings. The van der Waals surface area contributed by atoms with Gasteiger partial charge in [-0.15, -0.1) is 0 Å². The second kappa shape index (κ2) is 5.53. The number of likely N-dealkylation sites (tertiary alicyclic amines) is 1. The van der Waals surface area contributed by atoms with Crippen LogP contribution < -0.4 is 0 Å². The summed E-state index contributed by atoms with van der Waals surface area (Å²) >= 11 is 0. The van der Waals surface area contributed by atoms with Crippen LogP contribution in [0.25, 0.3) is 0 Å². The van der Waals surface area contributed by atoms with Gasteiger partial charge in [0.25, 0.3) is 0 Å². The van der Waals surface area contributed by atoms with E-state index in [4.69, 9.17) is 4.74 Å². The molecule has 3 atom stereocenters. The van der Waals surface area contributed by atoms with E-state index in [0.717, 1.165) is 12.8 Å². The van der Waals surface area contributed by atoms with Crippen LogP contribution in [0.3, 0.4) is 0 Å². The maximum absolute atomic E-state index is 12.0. The van der Waals surface area contributed by atoms with E-state index in [-0.39, 0.29) is 12.1 Å². The largest absolute Gasteiger partial charge is 0.459 e. The van der Waals surface area contributed by atoms with Gasteiger partial charge in [-0.25, -0.2) is 4.79 Å². The van der Waals surface area contributed by atoms with Crippen LogP contribution in [0.15, 0.2) is 30.3 Å². The summed E-state index contributed by atoms with van der Waals surface area (Å²) in [5.74, 6) is -0.204. The van der Waals surface area contributed by atoms with Crippen molar-refractivity contribution in [3.8, 4) is 0 Å². The van der Waals surface area contributed by atoms with Gasteiger partial charge in [0.1, 0.15) is 6.10 Å². The first kappa shape index (κ1) is 13.1. The van der Waals surface area contributed by atoms with Crippen LogP contribution >= 0.6 is 0 Å². The highest BCUT2D eigenvalue weighted by Gasteiger charge is 2.30. The molecule has 1 unspecified atom stereocenters. The molecule has 0 saturated carbocycles. The number of piperidine rings is 1. The van der Waals surface area contributed by atoms with Crippen LogP contribution in [0.2, 0.25) is 0 Å². The predicted molar refractivity (Wildman–Crippen MR) is 71.6 cm³/mol. The molecular weight excluding hydrogens is 226 g/mol. The Hall–Kier alpha value is -1.35. The maximum Gasteiger partial charge on any atom is 0.338 e. The van der Waals surface area contributed by atoms with Crippen molar-refractivity contribution in [2.45, 2.75) is 44.9 Å². The van der Waals surface area contributed by atoms with Crippen LogP contribution in [0.4, 0.5) is 0 Å². The minimum atomic E-state index is -0.204. The van der Waals surface area contributed by atoms with E-state index >= 15 is 0 Å². The standard InChI is InChI=1S/C15H21NO2/c1-11-9-14(10-12(2)16(11)3)18-15(17)13-7-5-4-6-8-13/h4-8,11-12,14H,9-10H2,1-3H3/t11-,12+,14?. The minimum Gasteiger partial charge on any atom is -0.459 e. The highest BCUT2D eigenvalue weighted by atomic mass is 16.5. The average Bonchev–Trinajstić information content (AvgIpc) is 2.37. The monoisotopic (exact) mass is 247 g/mol. The number of carbonyl (C=O) groups is 1. The van der Waals surface area contributed by atoms with Crippen molar-refractivity contribution in [3.63, 3.8) is 0 Å². The molecule has 0 spiro atoms. The Morgan fingerprint density at radius 3 is 2.28 bits per heavy atom. The van der Waals surface area contributed by atoms with Gasteiger partial charge in [0.2, 0.25) is 0 Å². The van der Waals surface area contributed by atoms with Gasteiger partial charge in [0, 0.05) is 12.1 Å². The van der Waals surface area contributed by atoms with Crippen molar-refractivity contribution >= 4 is 5.97 Å². The predicted octanol–water partition coefficient (Wildman–Crippen LogP) is 2.71. The summed E-state index contributed by atoms with van der Waals surface area (Å²) in [5, 5.41) is 0. The lowest BCUT2D eigenvalue weighted by atomic mass is 9.95. The Labute approximate surface area is 109 Å². The van der Waals surface area contributed by atoms with Crippen molar-refractivity contribution in [2.75, 3.05) is 7.05 Å². The molecule has 98 valence electrons. The van der Waals surface area contributed by atoms with Crippen molar-refractivity contribution in [3.05, 3.63) is 35.9 Å². The smallest absolute Gasteiger partial charge is 0.338 e. The Morgan fingerprint density at radius 2 is 1.72 bits per heavy atom. The van der Waals surface area contributed by atoms with Gasteiger partial charge in [0.05, 0.1) is 5.56 Å². The molecule has 3 nitrogen and oxygen atoms in total. The Balaban J connectivity index is 1.96. The van der Waals surface area contributed by atoms with Crippen molar-refractivity contribution in [1.82, 2.24) is 4.90 Å². The van der Waals surface area contributed by atoms with Crippen LogP contribution in [-0.2, 0) is 4.74 Å². The van der Waals surface area contributed by atoms with Gasteiger partial charge in [-0.3, -0.25) is 0 Å². The quantitative estimate of drug-likeness (QED) is 0.753.